The van der Waals surface area contributed by atoms with Crippen LogP contribution in [0.3, 0.4) is 0 Å². The Balaban J connectivity index is 2.14. The number of likely N-dealkylation sites (tertiary alicyclic amines) is 1. The molecule has 2 rings (SSSR count). The molecule has 1 saturated heterocycles. The summed E-state index contributed by atoms with van der Waals surface area (Å²) in [6.45, 7) is 1.04. The van der Waals surface area contributed by atoms with Crippen LogP contribution in [0.4, 0.5) is 0 Å². The van der Waals surface area contributed by atoms with Gasteiger partial charge in [0.1, 0.15) is 6.29 Å². The number of carbonyl (C=O) groups excluding carboxylic acids is 1. The fourth-order valence-electron chi connectivity index (χ4n) is 2.44. The minimum Gasteiger partial charge on any atom is -0.302 e. The van der Waals surface area contributed by atoms with Crippen LogP contribution in [0.5, 0.6) is 0 Å². The van der Waals surface area contributed by atoms with E-state index in [0.29, 0.717) is 5.92 Å². The van der Waals surface area contributed by atoms with Crippen molar-refractivity contribution < 1.29 is 4.79 Å². The standard InChI is InChI=1S/C12H17NO/c1-13-8-7-11(12(13)9-14)10-5-3-2-4-6-10/h3,5-6,9,11-12H,2,4,7-8H2,1H3. The van der Waals surface area contributed by atoms with Gasteiger partial charge in [0, 0.05) is 5.92 Å². The molecule has 0 aromatic heterocycles. The number of carbonyl (C=O) groups is 1. The Morgan fingerprint density at radius 1 is 1.50 bits per heavy atom. The van der Waals surface area contributed by atoms with E-state index in [9.17, 15) is 4.79 Å². The predicted octanol–water partition coefficient (Wildman–Crippen LogP) is 1.78. The number of hydrogen-bond donors (Lipinski definition) is 0. The van der Waals surface area contributed by atoms with Crippen LogP contribution in [0.1, 0.15) is 19.3 Å². The Labute approximate surface area is 85.3 Å². The first kappa shape index (κ1) is 9.66. The molecule has 0 radical (unpaired) electrons. The summed E-state index contributed by atoms with van der Waals surface area (Å²) >= 11 is 0. The van der Waals surface area contributed by atoms with Gasteiger partial charge in [0.15, 0.2) is 0 Å². The fraction of sp³-hybridized carbons (Fsp3) is 0.583. The first-order valence-electron chi connectivity index (χ1n) is 5.35. The van der Waals surface area contributed by atoms with Gasteiger partial charge in [-0.2, -0.15) is 0 Å². The van der Waals surface area contributed by atoms with Crippen LogP contribution in [0.2, 0.25) is 0 Å². The Morgan fingerprint density at radius 2 is 2.36 bits per heavy atom. The van der Waals surface area contributed by atoms with Crippen LogP contribution in [0.15, 0.2) is 23.8 Å². The van der Waals surface area contributed by atoms with Crippen molar-refractivity contribution in [3.63, 3.8) is 0 Å². The van der Waals surface area contributed by atoms with Crippen LogP contribution in [0.25, 0.3) is 0 Å². The summed E-state index contributed by atoms with van der Waals surface area (Å²) in [7, 11) is 2.03. The molecule has 2 atom stereocenters. The summed E-state index contributed by atoms with van der Waals surface area (Å²) in [5.74, 6) is 0.439. The molecule has 0 aromatic carbocycles. The number of likely N-dealkylation sites (N-methyl/N-ethyl adjacent to an activating group) is 1. The number of rotatable bonds is 2. The SMILES string of the molecule is CN1CCC(C2=CCCC=C2)C1C=O. The predicted molar refractivity (Wildman–Crippen MR) is 57.0 cm³/mol. The molecule has 0 spiro atoms. The second-order valence-electron chi connectivity index (χ2n) is 4.19. The average molecular weight is 191 g/mol. The highest BCUT2D eigenvalue weighted by Gasteiger charge is 2.32. The topological polar surface area (TPSA) is 20.3 Å². The zero-order valence-electron chi connectivity index (χ0n) is 8.65. The van der Waals surface area contributed by atoms with Crippen molar-refractivity contribution in [2.45, 2.75) is 25.3 Å². The van der Waals surface area contributed by atoms with Gasteiger partial charge in [-0.15, -0.1) is 0 Å². The van der Waals surface area contributed by atoms with Crippen molar-refractivity contribution in [3.05, 3.63) is 23.8 Å². The van der Waals surface area contributed by atoms with Gasteiger partial charge in [-0.1, -0.05) is 18.2 Å². The Morgan fingerprint density at radius 3 is 3.00 bits per heavy atom. The van der Waals surface area contributed by atoms with Gasteiger partial charge in [0.2, 0.25) is 0 Å². The van der Waals surface area contributed by atoms with E-state index in [2.05, 4.69) is 23.1 Å². The summed E-state index contributed by atoms with van der Waals surface area (Å²) in [5, 5.41) is 0. The lowest BCUT2D eigenvalue weighted by Gasteiger charge is -2.21. The van der Waals surface area contributed by atoms with Crippen molar-refractivity contribution in [2.24, 2.45) is 5.92 Å². The molecular weight excluding hydrogens is 174 g/mol. The molecule has 14 heavy (non-hydrogen) atoms. The zero-order valence-corrected chi connectivity index (χ0v) is 8.65. The van der Waals surface area contributed by atoms with E-state index in [4.69, 9.17) is 0 Å². The van der Waals surface area contributed by atoms with E-state index in [-0.39, 0.29) is 6.04 Å². The van der Waals surface area contributed by atoms with Gasteiger partial charge in [0.25, 0.3) is 0 Å². The molecule has 0 N–H and O–H groups in total. The fourth-order valence-corrected chi connectivity index (χ4v) is 2.44. The molecule has 0 amide bonds. The lowest BCUT2D eigenvalue weighted by molar-refractivity contribution is -0.111. The van der Waals surface area contributed by atoms with Gasteiger partial charge in [-0.25, -0.2) is 0 Å². The third kappa shape index (κ3) is 1.67. The quantitative estimate of drug-likeness (QED) is 0.620. The van der Waals surface area contributed by atoms with Gasteiger partial charge >= 0.3 is 0 Å². The van der Waals surface area contributed by atoms with E-state index in [1.165, 1.54) is 5.57 Å². The molecule has 1 aliphatic carbocycles. The van der Waals surface area contributed by atoms with Crippen molar-refractivity contribution in [1.82, 2.24) is 4.90 Å². The molecule has 2 nitrogen and oxygen atoms in total. The smallest absolute Gasteiger partial charge is 0.137 e. The minimum absolute atomic E-state index is 0.101. The number of hydrogen-bond acceptors (Lipinski definition) is 2. The normalized spacial score (nSPS) is 33.1. The van der Waals surface area contributed by atoms with Gasteiger partial charge in [0.05, 0.1) is 6.04 Å². The summed E-state index contributed by atoms with van der Waals surface area (Å²) in [5.41, 5.74) is 1.37. The monoisotopic (exact) mass is 191 g/mol. The third-order valence-electron chi connectivity index (χ3n) is 3.31. The first-order valence-corrected chi connectivity index (χ1v) is 5.35. The highest BCUT2D eigenvalue weighted by Crippen LogP contribution is 2.30. The maximum Gasteiger partial charge on any atom is 0.137 e. The summed E-state index contributed by atoms with van der Waals surface area (Å²) in [4.78, 5) is 13.1. The van der Waals surface area contributed by atoms with Crippen LogP contribution >= 0.6 is 0 Å². The third-order valence-corrected chi connectivity index (χ3v) is 3.31. The Bertz CT molecular complexity index is 280. The zero-order chi connectivity index (χ0) is 9.97. The average Bonchev–Trinajstić information content (AvgIpc) is 2.61. The van der Waals surface area contributed by atoms with Crippen molar-refractivity contribution in [1.29, 1.82) is 0 Å². The van der Waals surface area contributed by atoms with E-state index >= 15 is 0 Å². The number of allylic oxidation sites excluding steroid dienone is 3. The number of nitrogens with zero attached hydrogens (tertiary/aromatic N) is 1. The second-order valence-corrected chi connectivity index (χ2v) is 4.19. The summed E-state index contributed by atoms with van der Waals surface area (Å²) in [6, 6.07) is 0.101. The number of aldehydes is 1. The molecule has 2 unspecified atom stereocenters. The van der Waals surface area contributed by atoms with Crippen LogP contribution in [0, 0.1) is 5.92 Å². The molecule has 1 heterocycles. The molecule has 0 saturated carbocycles. The molecule has 2 heteroatoms. The highest BCUT2D eigenvalue weighted by atomic mass is 16.1. The van der Waals surface area contributed by atoms with E-state index in [1.807, 2.05) is 7.05 Å². The maximum atomic E-state index is 11.0. The molecule has 2 aliphatic rings. The van der Waals surface area contributed by atoms with E-state index < -0.39 is 0 Å². The van der Waals surface area contributed by atoms with E-state index in [0.717, 1.165) is 32.1 Å². The van der Waals surface area contributed by atoms with Gasteiger partial charge < -0.3 is 4.79 Å². The van der Waals surface area contributed by atoms with Gasteiger partial charge in [-0.05, 0) is 38.4 Å². The second kappa shape index (κ2) is 4.09. The molecule has 0 bridgehead atoms. The Hall–Kier alpha value is -0.890. The largest absolute Gasteiger partial charge is 0.302 e. The maximum absolute atomic E-state index is 11.0. The lowest BCUT2D eigenvalue weighted by atomic mass is 9.89. The highest BCUT2D eigenvalue weighted by molar-refractivity contribution is 5.60. The lowest BCUT2D eigenvalue weighted by Crippen LogP contribution is -2.31. The van der Waals surface area contributed by atoms with Gasteiger partial charge in [-0.3, -0.25) is 4.90 Å². The molecule has 1 fully saturated rings. The van der Waals surface area contributed by atoms with Crippen molar-refractivity contribution in [2.75, 3.05) is 13.6 Å². The van der Waals surface area contributed by atoms with Crippen LogP contribution < -0.4 is 0 Å². The Kier molecular flexibility index (Phi) is 2.82. The van der Waals surface area contributed by atoms with Crippen molar-refractivity contribution in [3.8, 4) is 0 Å². The minimum atomic E-state index is 0.101. The van der Waals surface area contributed by atoms with Crippen molar-refractivity contribution >= 4 is 6.29 Å². The molecular formula is C12H17NO. The molecule has 76 valence electrons. The molecule has 0 aromatic rings. The summed E-state index contributed by atoms with van der Waals surface area (Å²) in [6.07, 6.45) is 11.2. The summed E-state index contributed by atoms with van der Waals surface area (Å²) < 4.78 is 0. The van der Waals surface area contributed by atoms with Crippen LogP contribution in [-0.2, 0) is 4.79 Å². The first-order chi connectivity index (χ1) is 6.83. The molecule has 1 aliphatic heterocycles. The van der Waals surface area contributed by atoms with Crippen LogP contribution in [-0.4, -0.2) is 30.8 Å². The van der Waals surface area contributed by atoms with E-state index in [1.54, 1.807) is 0 Å².